The fraction of sp³-hybridized carbons (Fsp3) is 0.333. The van der Waals surface area contributed by atoms with Crippen LogP contribution in [0, 0.1) is 12.7 Å². The minimum Gasteiger partial charge on any atom is -0.393 e. The Hall–Kier alpha value is -3.87. The van der Waals surface area contributed by atoms with E-state index in [2.05, 4.69) is 4.57 Å². The number of hydrogen-bond acceptors (Lipinski definition) is 4. The first-order valence-corrected chi connectivity index (χ1v) is 14.6. The summed E-state index contributed by atoms with van der Waals surface area (Å²) >= 11 is 0. The van der Waals surface area contributed by atoms with E-state index in [4.69, 9.17) is 0 Å². The van der Waals surface area contributed by atoms with Crippen LogP contribution in [0.1, 0.15) is 73.1 Å². The summed E-state index contributed by atoms with van der Waals surface area (Å²) in [7, 11) is 0. The third kappa shape index (κ3) is 7.30. The number of Topliss-reactive ketones (excluding diaryl/α,β-unsaturated/α-hetero) is 2. The van der Waals surface area contributed by atoms with E-state index in [0.717, 1.165) is 39.2 Å². The Morgan fingerprint density at radius 2 is 1.55 bits per heavy atom. The molecule has 0 saturated heterocycles. The molecule has 0 fully saturated rings. The van der Waals surface area contributed by atoms with Gasteiger partial charge < -0.3 is 14.8 Å². The van der Waals surface area contributed by atoms with Crippen LogP contribution in [-0.4, -0.2) is 38.6 Å². The van der Waals surface area contributed by atoms with Crippen LogP contribution in [0.3, 0.4) is 0 Å². The van der Waals surface area contributed by atoms with Crippen LogP contribution >= 0.6 is 0 Å². The predicted octanol–water partition coefficient (Wildman–Crippen LogP) is 7.30. The van der Waals surface area contributed by atoms with Crippen LogP contribution in [-0.2, 0) is 17.8 Å². The third-order valence-electron chi connectivity index (χ3n) is 7.60. The number of benzene rings is 3. The molecule has 0 amide bonds. The average Bonchev–Trinajstić information content (AvgIpc) is 3.28. The van der Waals surface area contributed by atoms with Crippen molar-refractivity contribution in [2.75, 3.05) is 0 Å². The van der Waals surface area contributed by atoms with Crippen LogP contribution < -0.4 is 0 Å². The maximum atomic E-state index is 14.3. The second kappa shape index (κ2) is 13.9. The number of ketones is 2. The Balaban J connectivity index is 1.93. The topological polar surface area (TPSA) is 79.5 Å². The Labute approximate surface area is 247 Å². The van der Waals surface area contributed by atoms with Gasteiger partial charge in [-0.1, -0.05) is 74.5 Å². The molecule has 220 valence electrons. The fourth-order valence-corrected chi connectivity index (χ4v) is 5.81. The van der Waals surface area contributed by atoms with Crippen LogP contribution in [0.5, 0.6) is 0 Å². The second-order valence-electron chi connectivity index (χ2n) is 11.4. The van der Waals surface area contributed by atoms with Gasteiger partial charge in [-0.15, -0.1) is 0 Å². The van der Waals surface area contributed by atoms with E-state index in [1.807, 2.05) is 81.4 Å². The quantitative estimate of drug-likeness (QED) is 0.166. The van der Waals surface area contributed by atoms with Gasteiger partial charge in [0.15, 0.2) is 5.78 Å². The van der Waals surface area contributed by atoms with E-state index in [1.165, 1.54) is 19.1 Å². The molecular weight excluding hydrogens is 529 g/mol. The molecule has 0 spiro atoms. The highest BCUT2D eigenvalue weighted by atomic mass is 19.1. The molecule has 0 saturated carbocycles. The van der Waals surface area contributed by atoms with Gasteiger partial charge in [0, 0.05) is 41.8 Å². The molecule has 0 bridgehead atoms. The number of halogens is 1. The Bertz CT molecular complexity index is 1530. The summed E-state index contributed by atoms with van der Waals surface area (Å²) in [6.07, 6.45) is -1.17. The number of nitrogens with zero attached hydrogens (tertiary/aromatic N) is 1. The normalized spacial score (nSPS) is 12.9. The number of hydrogen-bond donors (Lipinski definition) is 2. The summed E-state index contributed by atoms with van der Waals surface area (Å²) in [4.78, 5) is 25.7. The molecule has 2 atom stereocenters. The van der Waals surface area contributed by atoms with Gasteiger partial charge in [-0.3, -0.25) is 9.59 Å². The molecule has 2 N–H and O–H groups in total. The Morgan fingerprint density at radius 1 is 0.905 bits per heavy atom. The second-order valence-corrected chi connectivity index (χ2v) is 11.4. The lowest BCUT2D eigenvalue weighted by atomic mass is 9.90. The summed E-state index contributed by atoms with van der Waals surface area (Å²) < 4.78 is 16.4. The Morgan fingerprint density at radius 3 is 2.14 bits per heavy atom. The van der Waals surface area contributed by atoms with Crippen molar-refractivity contribution in [2.24, 2.45) is 0 Å². The third-order valence-corrected chi connectivity index (χ3v) is 7.60. The number of aromatic nitrogens is 1. The van der Waals surface area contributed by atoms with Crippen molar-refractivity contribution in [1.82, 2.24) is 4.57 Å². The highest BCUT2D eigenvalue weighted by Crippen LogP contribution is 2.43. The van der Waals surface area contributed by atoms with E-state index in [0.29, 0.717) is 18.5 Å². The van der Waals surface area contributed by atoms with Gasteiger partial charge in [-0.05, 0) is 67.5 Å². The lowest BCUT2D eigenvalue weighted by molar-refractivity contribution is -0.119. The molecular formula is C36H40FNO4. The average molecular weight is 570 g/mol. The van der Waals surface area contributed by atoms with Crippen molar-refractivity contribution in [3.8, 4) is 22.4 Å². The van der Waals surface area contributed by atoms with Crippen LogP contribution in [0.25, 0.3) is 22.4 Å². The number of rotatable bonds is 13. The van der Waals surface area contributed by atoms with E-state index in [1.54, 1.807) is 6.07 Å². The molecule has 3 aromatic carbocycles. The molecule has 4 aromatic rings. The summed E-state index contributed by atoms with van der Waals surface area (Å²) in [6, 6.07) is 24.1. The van der Waals surface area contributed by atoms with Gasteiger partial charge >= 0.3 is 0 Å². The molecule has 42 heavy (non-hydrogen) atoms. The summed E-state index contributed by atoms with van der Waals surface area (Å²) in [6.45, 7) is 7.74. The van der Waals surface area contributed by atoms with Crippen molar-refractivity contribution in [2.45, 2.75) is 78.0 Å². The molecule has 1 aromatic heterocycles. The first kappa shape index (κ1) is 31.1. The van der Waals surface area contributed by atoms with E-state index < -0.39 is 12.2 Å². The van der Waals surface area contributed by atoms with E-state index in [-0.39, 0.29) is 42.6 Å². The van der Waals surface area contributed by atoms with E-state index >= 15 is 0 Å². The van der Waals surface area contributed by atoms with Crippen molar-refractivity contribution in [3.05, 3.63) is 107 Å². The predicted molar refractivity (Wildman–Crippen MR) is 165 cm³/mol. The minimum atomic E-state index is -0.923. The smallest absolute Gasteiger partial charge is 0.169 e. The number of aliphatic hydroxyl groups excluding tert-OH is 2. The van der Waals surface area contributed by atoms with Crippen molar-refractivity contribution in [3.63, 3.8) is 0 Å². The van der Waals surface area contributed by atoms with Gasteiger partial charge in [0.05, 0.1) is 17.9 Å². The van der Waals surface area contributed by atoms with Crippen molar-refractivity contribution in [1.29, 1.82) is 0 Å². The number of carbonyl (C=O) groups is 2. The summed E-state index contributed by atoms with van der Waals surface area (Å²) in [5.41, 5.74) is 6.41. The SMILES string of the molecule is CC(=O)C[C@H](O)C[C@H](O)CCn1c(-c2ccc(F)cc2C)c(-c2ccccc2)c(C(=O)Cc2ccccc2)c1C(C)C. The molecule has 5 nitrogen and oxygen atoms in total. The minimum absolute atomic E-state index is 0.00581. The van der Waals surface area contributed by atoms with Gasteiger partial charge in [0.25, 0.3) is 0 Å². The lowest BCUT2D eigenvalue weighted by Gasteiger charge is -2.21. The molecule has 4 rings (SSSR count). The fourth-order valence-electron chi connectivity index (χ4n) is 5.81. The maximum absolute atomic E-state index is 14.3. The molecule has 0 unspecified atom stereocenters. The molecule has 1 heterocycles. The first-order chi connectivity index (χ1) is 20.1. The summed E-state index contributed by atoms with van der Waals surface area (Å²) in [5, 5.41) is 21.1. The molecule has 0 radical (unpaired) electrons. The zero-order valence-electron chi connectivity index (χ0n) is 24.8. The molecule has 6 heteroatoms. The van der Waals surface area contributed by atoms with Crippen LogP contribution in [0.4, 0.5) is 4.39 Å². The molecule has 0 aliphatic rings. The highest BCUT2D eigenvalue weighted by Gasteiger charge is 2.31. The first-order valence-electron chi connectivity index (χ1n) is 14.6. The zero-order valence-corrected chi connectivity index (χ0v) is 24.8. The van der Waals surface area contributed by atoms with Gasteiger partial charge in [0.1, 0.15) is 11.6 Å². The van der Waals surface area contributed by atoms with Crippen LogP contribution in [0.2, 0.25) is 0 Å². The monoisotopic (exact) mass is 569 g/mol. The number of aryl methyl sites for hydroxylation is 1. The number of carbonyl (C=O) groups excluding carboxylic acids is 2. The standard InChI is InChI=1S/C36H40FNO4/c1-23(2)35-34(32(42)21-26-11-7-5-8-12-26)33(27-13-9-6-10-14-27)36(31-16-15-28(37)19-24(31)3)38(35)18-17-29(40)22-30(41)20-25(4)39/h5-16,19,23,29-30,40-41H,17-18,20-22H2,1-4H3/t29-,30+/m1/s1. The largest absolute Gasteiger partial charge is 0.393 e. The van der Waals surface area contributed by atoms with Gasteiger partial charge in [-0.2, -0.15) is 0 Å². The lowest BCUT2D eigenvalue weighted by Crippen LogP contribution is -2.22. The highest BCUT2D eigenvalue weighted by molar-refractivity contribution is 6.08. The van der Waals surface area contributed by atoms with Gasteiger partial charge in [0.2, 0.25) is 0 Å². The molecule has 0 aliphatic heterocycles. The molecule has 0 aliphatic carbocycles. The summed E-state index contributed by atoms with van der Waals surface area (Å²) in [5.74, 6) is -0.529. The zero-order chi connectivity index (χ0) is 30.4. The van der Waals surface area contributed by atoms with Gasteiger partial charge in [-0.25, -0.2) is 4.39 Å². The Kier molecular flexibility index (Phi) is 10.3. The van der Waals surface area contributed by atoms with Crippen molar-refractivity contribution < 1.29 is 24.2 Å². The maximum Gasteiger partial charge on any atom is 0.169 e. The van der Waals surface area contributed by atoms with Crippen molar-refractivity contribution >= 4 is 11.6 Å². The van der Waals surface area contributed by atoms with E-state index in [9.17, 15) is 24.2 Å². The number of aliphatic hydroxyl groups is 2. The van der Waals surface area contributed by atoms with Crippen LogP contribution in [0.15, 0.2) is 78.9 Å².